The predicted octanol–water partition coefficient (Wildman–Crippen LogP) is 16.1. The molecule has 64 heavy (non-hydrogen) atoms. The quantitative estimate of drug-likeness (QED) is 0.159. The molecular weight excluding hydrogens is 775 g/mol. The van der Waals surface area contributed by atoms with E-state index in [-0.39, 0.29) is 0 Å². The number of nitrogens with zero attached hydrogens (tertiary/aromatic N) is 3. The van der Waals surface area contributed by atoms with Crippen molar-refractivity contribution in [1.82, 2.24) is 4.57 Å². The minimum absolute atomic E-state index is 0.525. The third-order valence-corrected chi connectivity index (χ3v) is 13.5. The summed E-state index contributed by atoms with van der Waals surface area (Å²) in [4.78, 5) is 4.81. The molecule has 0 aliphatic heterocycles. The summed E-state index contributed by atoms with van der Waals surface area (Å²) in [6.45, 7) is 0. The van der Waals surface area contributed by atoms with Crippen molar-refractivity contribution in [2.75, 3.05) is 9.80 Å². The maximum absolute atomic E-state index is 2.49. The Balaban J connectivity index is 1.04. The van der Waals surface area contributed by atoms with Crippen LogP contribution in [0.2, 0.25) is 0 Å². The monoisotopic (exact) mass is 815 g/mol. The van der Waals surface area contributed by atoms with E-state index in [4.69, 9.17) is 0 Å². The van der Waals surface area contributed by atoms with Crippen molar-refractivity contribution >= 4 is 55.9 Å². The van der Waals surface area contributed by atoms with Gasteiger partial charge in [-0.1, -0.05) is 158 Å². The normalized spacial score (nSPS) is 14.3. The first-order valence-corrected chi connectivity index (χ1v) is 22.1. The van der Waals surface area contributed by atoms with E-state index in [2.05, 4.69) is 263 Å². The highest BCUT2D eigenvalue weighted by Crippen LogP contribution is 2.64. The molecule has 2 aliphatic carbocycles. The molecule has 0 saturated carbocycles. The molecule has 0 bridgehead atoms. The maximum atomic E-state index is 2.49. The third kappa shape index (κ3) is 5.28. The molecule has 1 spiro atoms. The summed E-state index contributed by atoms with van der Waals surface area (Å²) in [6.07, 6.45) is 0. The maximum Gasteiger partial charge on any atom is 0.0726 e. The molecule has 0 N–H and O–H groups in total. The Hall–Kier alpha value is -8.40. The molecule has 3 nitrogen and oxygen atoms in total. The van der Waals surface area contributed by atoms with Gasteiger partial charge >= 0.3 is 0 Å². The van der Waals surface area contributed by atoms with Crippen LogP contribution in [0.3, 0.4) is 0 Å². The van der Waals surface area contributed by atoms with Gasteiger partial charge in [-0.2, -0.15) is 0 Å². The van der Waals surface area contributed by atoms with Gasteiger partial charge in [0.15, 0.2) is 0 Å². The lowest BCUT2D eigenvalue weighted by molar-refractivity contribution is 0.793. The van der Waals surface area contributed by atoms with Crippen LogP contribution in [0.5, 0.6) is 0 Å². The highest BCUT2D eigenvalue weighted by Gasteiger charge is 2.52. The van der Waals surface area contributed by atoms with E-state index in [0.717, 1.165) is 39.8 Å². The van der Waals surface area contributed by atoms with E-state index in [1.807, 2.05) is 0 Å². The molecule has 3 heteroatoms. The van der Waals surface area contributed by atoms with Crippen molar-refractivity contribution in [1.29, 1.82) is 0 Å². The zero-order valence-corrected chi connectivity index (χ0v) is 35.0. The number of fused-ring (bicyclic) bond motifs is 13. The van der Waals surface area contributed by atoms with E-state index >= 15 is 0 Å². The molecule has 0 fully saturated rings. The fourth-order valence-electron chi connectivity index (χ4n) is 11.0. The predicted molar refractivity (Wildman–Crippen MR) is 266 cm³/mol. The fourth-order valence-corrected chi connectivity index (χ4v) is 11.0. The van der Waals surface area contributed by atoms with E-state index in [1.54, 1.807) is 0 Å². The molecule has 11 aromatic rings. The van der Waals surface area contributed by atoms with Crippen LogP contribution in [-0.2, 0) is 5.41 Å². The Morgan fingerprint density at radius 1 is 0.266 bits per heavy atom. The standard InChI is InChI=1S/C61H41N3/c1-5-19-42(20-6-1)62(43-21-7-2-8-22-43)46-35-38-57-54(39-46)50-28-14-17-31-56(50)61(57)55-30-16-13-27-49(55)51-36-33-47(40-58(51)61)63(44-23-9-3-10-24-44)48-34-37-53-52-29-15-18-32-59(52)64(60(53)41-48)45-25-11-4-12-26-45/h1-41H. The molecule has 300 valence electrons. The van der Waals surface area contributed by atoms with Gasteiger partial charge in [-0.3, -0.25) is 0 Å². The first kappa shape index (κ1) is 36.3. The molecule has 0 saturated heterocycles. The second kappa shape index (κ2) is 14.3. The van der Waals surface area contributed by atoms with Gasteiger partial charge in [0.25, 0.3) is 0 Å². The molecular formula is C61H41N3. The Kier molecular flexibility index (Phi) is 8.13. The zero-order chi connectivity index (χ0) is 42.2. The van der Waals surface area contributed by atoms with Crippen LogP contribution < -0.4 is 9.80 Å². The summed E-state index contributed by atoms with van der Waals surface area (Å²) in [5.41, 5.74) is 20.0. The average molecular weight is 816 g/mol. The van der Waals surface area contributed by atoms with Crippen LogP contribution in [-0.4, -0.2) is 4.57 Å². The van der Waals surface area contributed by atoms with E-state index < -0.39 is 5.41 Å². The Morgan fingerprint density at radius 2 is 0.703 bits per heavy atom. The van der Waals surface area contributed by atoms with Crippen LogP contribution in [0, 0.1) is 0 Å². The van der Waals surface area contributed by atoms with E-state index in [9.17, 15) is 0 Å². The Morgan fingerprint density at radius 3 is 1.36 bits per heavy atom. The van der Waals surface area contributed by atoms with Crippen molar-refractivity contribution in [3.63, 3.8) is 0 Å². The van der Waals surface area contributed by atoms with Gasteiger partial charge in [-0.15, -0.1) is 0 Å². The van der Waals surface area contributed by atoms with Gasteiger partial charge in [-0.05, 0) is 136 Å². The number of hydrogen-bond acceptors (Lipinski definition) is 2. The van der Waals surface area contributed by atoms with Gasteiger partial charge in [-0.25, -0.2) is 0 Å². The van der Waals surface area contributed by atoms with Gasteiger partial charge in [0.1, 0.15) is 0 Å². The van der Waals surface area contributed by atoms with Gasteiger partial charge < -0.3 is 14.4 Å². The second-order valence-electron chi connectivity index (χ2n) is 16.9. The lowest BCUT2D eigenvalue weighted by Crippen LogP contribution is -2.26. The molecule has 13 rings (SSSR count). The minimum Gasteiger partial charge on any atom is -0.310 e. The van der Waals surface area contributed by atoms with Crippen LogP contribution in [0.25, 0.3) is 49.7 Å². The van der Waals surface area contributed by atoms with E-state index in [0.29, 0.717) is 0 Å². The van der Waals surface area contributed by atoms with Crippen LogP contribution in [0.1, 0.15) is 22.3 Å². The van der Waals surface area contributed by atoms with Crippen molar-refractivity contribution in [2.24, 2.45) is 0 Å². The third-order valence-electron chi connectivity index (χ3n) is 13.5. The van der Waals surface area contributed by atoms with Crippen LogP contribution in [0.15, 0.2) is 249 Å². The number of para-hydroxylation sites is 5. The van der Waals surface area contributed by atoms with Gasteiger partial charge in [0, 0.05) is 50.6 Å². The summed E-state index contributed by atoms with van der Waals surface area (Å²) in [5.74, 6) is 0. The lowest BCUT2D eigenvalue weighted by atomic mass is 9.70. The number of hydrogen-bond donors (Lipinski definition) is 0. The zero-order valence-electron chi connectivity index (χ0n) is 35.0. The van der Waals surface area contributed by atoms with Crippen molar-refractivity contribution in [2.45, 2.75) is 5.41 Å². The highest BCUT2D eigenvalue weighted by atomic mass is 15.1. The second-order valence-corrected chi connectivity index (χ2v) is 16.9. The molecule has 2 aliphatic rings. The fraction of sp³-hybridized carbons (Fsp3) is 0.0164. The topological polar surface area (TPSA) is 11.4 Å². The van der Waals surface area contributed by atoms with Gasteiger partial charge in [0.2, 0.25) is 0 Å². The highest BCUT2D eigenvalue weighted by molar-refractivity contribution is 6.10. The Labute approximate surface area is 373 Å². The minimum atomic E-state index is -0.525. The molecule has 1 heterocycles. The molecule has 10 aromatic carbocycles. The smallest absolute Gasteiger partial charge is 0.0726 e. The lowest BCUT2D eigenvalue weighted by Gasteiger charge is -2.32. The van der Waals surface area contributed by atoms with Crippen molar-refractivity contribution < 1.29 is 0 Å². The summed E-state index contributed by atoms with van der Waals surface area (Å²) in [6, 6.07) is 91.2. The SMILES string of the molecule is c1ccc(N(c2ccccc2)c2ccc3c(c2)-c2ccccc2C32c3ccccc3-c3ccc(N(c4ccccc4)c4ccc5c6ccccc6n(-c6ccccc6)c5c4)cc32)cc1. The molecule has 1 aromatic heterocycles. The first-order chi connectivity index (χ1) is 31.8. The number of aromatic nitrogens is 1. The van der Waals surface area contributed by atoms with Gasteiger partial charge in [0.05, 0.1) is 16.4 Å². The summed E-state index contributed by atoms with van der Waals surface area (Å²) < 4.78 is 2.41. The van der Waals surface area contributed by atoms with Crippen molar-refractivity contribution in [3.8, 4) is 27.9 Å². The van der Waals surface area contributed by atoms with Crippen LogP contribution >= 0.6 is 0 Å². The molecule has 0 radical (unpaired) electrons. The molecule has 1 unspecified atom stereocenters. The number of anilines is 6. The van der Waals surface area contributed by atoms with Crippen molar-refractivity contribution in [3.05, 3.63) is 271 Å². The average Bonchev–Trinajstić information content (AvgIpc) is 3.97. The number of rotatable bonds is 7. The summed E-state index contributed by atoms with van der Waals surface area (Å²) >= 11 is 0. The summed E-state index contributed by atoms with van der Waals surface area (Å²) in [7, 11) is 0. The summed E-state index contributed by atoms with van der Waals surface area (Å²) in [5, 5.41) is 2.48. The van der Waals surface area contributed by atoms with E-state index in [1.165, 1.54) is 66.3 Å². The van der Waals surface area contributed by atoms with Crippen LogP contribution in [0.4, 0.5) is 34.1 Å². The number of benzene rings is 10. The molecule has 1 atom stereocenters. The largest absolute Gasteiger partial charge is 0.310 e. The Bertz CT molecular complexity index is 3520. The first-order valence-electron chi connectivity index (χ1n) is 22.1. The molecule has 0 amide bonds.